The zero-order valence-corrected chi connectivity index (χ0v) is 19.5. The Morgan fingerprint density at radius 3 is 2.50 bits per heavy atom. The summed E-state index contributed by atoms with van der Waals surface area (Å²) < 4.78 is 5.33. The van der Waals surface area contributed by atoms with Crippen LogP contribution in [0, 0.1) is 5.92 Å². The smallest absolute Gasteiger partial charge is 0.303 e. The lowest BCUT2D eigenvalue weighted by molar-refractivity contribution is -0.137. The van der Waals surface area contributed by atoms with E-state index in [2.05, 4.69) is 17.4 Å². The fraction of sp³-hybridized carbons (Fsp3) is 0.444. The van der Waals surface area contributed by atoms with Gasteiger partial charge in [0.05, 0.1) is 6.61 Å². The third kappa shape index (κ3) is 7.07. The topological polar surface area (TPSA) is 113 Å². The van der Waals surface area contributed by atoms with Gasteiger partial charge in [0, 0.05) is 30.9 Å². The molecule has 1 fully saturated rings. The number of benzene rings is 2. The van der Waals surface area contributed by atoms with E-state index in [0.29, 0.717) is 18.6 Å². The molecule has 1 saturated carbocycles. The Morgan fingerprint density at radius 2 is 1.79 bits per heavy atom. The van der Waals surface area contributed by atoms with Crippen LogP contribution in [0.15, 0.2) is 48.5 Å². The van der Waals surface area contributed by atoms with E-state index >= 15 is 0 Å². The Kier molecular flexibility index (Phi) is 9.08. The van der Waals surface area contributed by atoms with Crippen molar-refractivity contribution in [2.75, 3.05) is 6.61 Å². The molecule has 0 heterocycles. The van der Waals surface area contributed by atoms with Gasteiger partial charge in [-0.3, -0.25) is 14.4 Å². The Labute approximate surface area is 200 Å². The van der Waals surface area contributed by atoms with Gasteiger partial charge < -0.3 is 20.3 Å². The Bertz CT molecular complexity index is 990. The minimum Gasteiger partial charge on any atom is -0.504 e. The van der Waals surface area contributed by atoms with Gasteiger partial charge in [-0.15, -0.1) is 0 Å². The molecule has 1 amide bonds. The molecule has 2 aromatic carbocycles. The summed E-state index contributed by atoms with van der Waals surface area (Å²) in [7, 11) is 0. The Balaban J connectivity index is 1.55. The first-order valence-corrected chi connectivity index (χ1v) is 11.9. The highest BCUT2D eigenvalue weighted by atomic mass is 16.5. The summed E-state index contributed by atoms with van der Waals surface area (Å²) in [6.45, 7) is 2.16. The zero-order valence-electron chi connectivity index (χ0n) is 19.5. The summed E-state index contributed by atoms with van der Waals surface area (Å²) in [5.41, 5.74) is 1.57. The van der Waals surface area contributed by atoms with E-state index in [1.54, 1.807) is 6.92 Å². The molecule has 7 nitrogen and oxygen atoms in total. The van der Waals surface area contributed by atoms with Gasteiger partial charge in [-0.2, -0.15) is 0 Å². The van der Waals surface area contributed by atoms with Crippen molar-refractivity contribution in [3.8, 4) is 11.5 Å². The number of aliphatic carboxylic acids is 1. The van der Waals surface area contributed by atoms with Crippen LogP contribution >= 0.6 is 0 Å². The van der Waals surface area contributed by atoms with Gasteiger partial charge >= 0.3 is 5.97 Å². The lowest BCUT2D eigenvalue weighted by Crippen LogP contribution is -2.40. The second-order valence-corrected chi connectivity index (χ2v) is 8.83. The fourth-order valence-electron chi connectivity index (χ4n) is 4.76. The predicted octanol–water partition coefficient (Wildman–Crippen LogP) is 4.69. The molecule has 1 aliphatic carbocycles. The van der Waals surface area contributed by atoms with E-state index in [-0.39, 0.29) is 60.3 Å². The molecule has 0 aliphatic heterocycles. The van der Waals surface area contributed by atoms with Gasteiger partial charge in [-0.05, 0) is 68.2 Å². The molecule has 2 aromatic rings. The van der Waals surface area contributed by atoms with Crippen LogP contribution in [0.1, 0.15) is 73.7 Å². The molecular weight excluding hydrogens is 434 g/mol. The number of carboxylic acid groups (broad SMARTS) is 1. The van der Waals surface area contributed by atoms with E-state index in [9.17, 15) is 19.5 Å². The standard InChI is InChI=1S/C27H33NO6/c1-2-34-25-16-20(9-12-24(25)30)23(29)13-14-26(31)28-21-11-8-19(10-15-27(32)33)22(17-21)18-6-4-3-5-7-18/h3-7,9,12,16,19,21-22,30H,2,8,10-11,13-15,17H2,1H3,(H,28,31)(H,32,33)/t19?,21?,22-/m1/s1. The second-order valence-electron chi connectivity index (χ2n) is 8.83. The number of nitrogens with one attached hydrogen (secondary N) is 1. The van der Waals surface area contributed by atoms with Gasteiger partial charge in [0.25, 0.3) is 0 Å². The van der Waals surface area contributed by atoms with Crippen LogP contribution in [0.4, 0.5) is 0 Å². The summed E-state index contributed by atoms with van der Waals surface area (Å²) >= 11 is 0. The number of ketones is 1. The predicted molar refractivity (Wildman–Crippen MR) is 128 cm³/mol. The normalized spacial score (nSPS) is 19.9. The number of ether oxygens (including phenoxy) is 1. The molecular formula is C27H33NO6. The third-order valence-electron chi connectivity index (χ3n) is 6.48. The van der Waals surface area contributed by atoms with Gasteiger partial charge in [0.15, 0.2) is 17.3 Å². The summed E-state index contributed by atoms with van der Waals surface area (Å²) in [4.78, 5) is 36.2. The number of carboxylic acids is 1. The highest BCUT2D eigenvalue weighted by Crippen LogP contribution is 2.40. The largest absolute Gasteiger partial charge is 0.504 e. The number of phenolic OH excluding ortho intramolecular Hbond substituents is 1. The molecule has 7 heteroatoms. The van der Waals surface area contributed by atoms with Crippen LogP contribution in [0.5, 0.6) is 11.5 Å². The number of Topliss-reactive ketones (excluding diaryl/α,β-unsaturated/α-hetero) is 1. The third-order valence-corrected chi connectivity index (χ3v) is 6.48. The van der Waals surface area contributed by atoms with E-state index < -0.39 is 5.97 Å². The lowest BCUT2D eigenvalue weighted by Gasteiger charge is -2.37. The fourth-order valence-corrected chi connectivity index (χ4v) is 4.76. The minimum atomic E-state index is -0.783. The van der Waals surface area contributed by atoms with Crippen molar-refractivity contribution in [1.82, 2.24) is 5.32 Å². The van der Waals surface area contributed by atoms with Crippen LogP contribution in [0.3, 0.4) is 0 Å². The summed E-state index contributed by atoms with van der Waals surface area (Å²) in [5, 5.41) is 22.0. The highest BCUT2D eigenvalue weighted by molar-refractivity contribution is 5.98. The number of amides is 1. The maximum Gasteiger partial charge on any atom is 0.303 e. The highest BCUT2D eigenvalue weighted by Gasteiger charge is 2.32. The molecule has 34 heavy (non-hydrogen) atoms. The van der Waals surface area contributed by atoms with Crippen molar-refractivity contribution in [2.45, 2.75) is 63.8 Å². The quantitative estimate of drug-likeness (QED) is 0.413. The van der Waals surface area contributed by atoms with Crippen molar-refractivity contribution in [2.24, 2.45) is 5.92 Å². The SMILES string of the molecule is CCOc1cc(C(=O)CCC(=O)NC2CCC(CCC(=O)O)[C@@H](c3ccccc3)C2)ccc1O. The molecule has 1 aliphatic rings. The zero-order chi connectivity index (χ0) is 24.5. The van der Waals surface area contributed by atoms with E-state index in [1.165, 1.54) is 23.8 Å². The van der Waals surface area contributed by atoms with Crippen molar-refractivity contribution in [3.05, 3.63) is 59.7 Å². The number of hydrogen-bond donors (Lipinski definition) is 3. The molecule has 0 spiro atoms. The summed E-state index contributed by atoms with van der Waals surface area (Å²) in [6, 6.07) is 14.5. The van der Waals surface area contributed by atoms with E-state index in [4.69, 9.17) is 9.84 Å². The first-order chi connectivity index (χ1) is 16.4. The molecule has 182 valence electrons. The number of carbonyl (C=O) groups is 3. The van der Waals surface area contributed by atoms with Crippen molar-refractivity contribution >= 4 is 17.7 Å². The van der Waals surface area contributed by atoms with E-state index in [1.807, 2.05) is 18.2 Å². The lowest BCUT2D eigenvalue weighted by atomic mass is 9.71. The van der Waals surface area contributed by atoms with Crippen LogP contribution in [-0.2, 0) is 9.59 Å². The summed E-state index contributed by atoms with van der Waals surface area (Å²) in [5.74, 6) is -0.451. The van der Waals surface area contributed by atoms with Crippen molar-refractivity contribution in [3.63, 3.8) is 0 Å². The second kappa shape index (κ2) is 12.2. The Hall–Kier alpha value is -3.35. The molecule has 0 bridgehead atoms. The van der Waals surface area contributed by atoms with Gasteiger partial charge in [-0.25, -0.2) is 0 Å². The minimum absolute atomic E-state index is 0.00730. The molecule has 0 aromatic heterocycles. The number of phenols is 1. The average Bonchev–Trinajstić information content (AvgIpc) is 2.83. The first-order valence-electron chi connectivity index (χ1n) is 11.9. The van der Waals surface area contributed by atoms with E-state index in [0.717, 1.165) is 19.3 Å². The first kappa shape index (κ1) is 25.3. The van der Waals surface area contributed by atoms with Crippen LogP contribution in [-0.4, -0.2) is 40.5 Å². The monoisotopic (exact) mass is 467 g/mol. The maximum atomic E-state index is 12.6. The molecule has 2 unspecified atom stereocenters. The molecule has 0 saturated heterocycles. The van der Waals surface area contributed by atoms with Crippen LogP contribution in [0.25, 0.3) is 0 Å². The average molecular weight is 468 g/mol. The molecule has 3 atom stereocenters. The van der Waals surface area contributed by atoms with Crippen molar-refractivity contribution in [1.29, 1.82) is 0 Å². The maximum absolute atomic E-state index is 12.6. The summed E-state index contributed by atoms with van der Waals surface area (Å²) in [6.07, 6.45) is 3.32. The number of aromatic hydroxyl groups is 1. The number of hydrogen-bond acceptors (Lipinski definition) is 5. The molecule has 3 N–H and O–H groups in total. The van der Waals surface area contributed by atoms with Gasteiger partial charge in [-0.1, -0.05) is 30.3 Å². The van der Waals surface area contributed by atoms with Gasteiger partial charge in [0.1, 0.15) is 0 Å². The van der Waals surface area contributed by atoms with Crippen molar-refractivity contribution < 1.29 is 29.3 Å². The number of rotatable bonds is 11. The Morgan fingerprint density at radius 1 is 1.03 bits per heavy atom. The molecule has 3 rings (SSSR count). The number of carbonyl (C=O) groups excluding carboxylic acids is 2. The molecule has 0 radical (unpaired) electrons. The van der Waals surface area contributed by atoms with Crippen LogP contribution in [0.2, 0.25) is 0 Å². The van der Waals surface area contributed by atoms with Gasteiger partial charge in [0.2, 0.25) is 5.91 Å². The van der Waals surface area contributed by atoms with Crippen LogP contribution < -0.4 is 10.1 Å².